The van der Waals surface area contributed by atoms with E-state index in [1.165, 1.54) is 5.56 Å². The van der Waals surface area contributed by atoms with E-state index in [-0.39, 0.29) is 12.7 Å². The molecule has 1 heterocycles. The van der Waals surface area contributed by atoms with Crippen LogP contribution < -0.4 is 19.7 Å². The number of hydrogen-bond donors (Lipinski definition) is 2. The van der Waals surface area contributed by atoms with Crippen molar-refractivity contribution in [1.82, 2.24) is 5.32 Å². The highest BCUT2D eigenvalue weighted by molar-refractivity contribution is 5.76. The summed E-state index contributed by atoms with van der Waals surface area (Å²) in [5.41, 5.74) is 2.37. The van der Waals surface area contributed by atoms with E-state index in [0.29, 0.717) is 13.1 Å². The van der Waals surface area contributed by atoms with Crippen molar-refractivity contribution >= 4 is 5.91 Å². The van der Waals surface area contributed by atoms with Gasteiger partial charge in [0.05, 0.1) is 7.05 Å². The number of benzene rings is 2. The normalized spacial score (nSPS) is 13.5. The molecule has 0 saturated carbocycles. The maximum atomic E-state index is 12.0. The highest BCUT2D eigenvalue weighted by Crippen LogP contribution is 2.32. The van der Waals surface area contributed by atoms with Crippen molar-refractivity contribution in [3.05, 3.63) is 59.7 Å². The number of rotatable bonds is 7. The molecule has 5 nitrogen and oxygen atoms in total. The predicted octanol–water partition coefficient (Wildman–Crippen LogP) is 0.789. The predicted molar refractivity (Wildman–Crippen MR) is 91.2 cm³/mol. The molecule has 1 aliphatic rings. The minimum Gasteiger partial charge on any atom is -0.454 e. The van der Waals surface area contributed by atoms with Gasteiger partial charge in [-0.05, 0) is 30.2 Å². The number of quaternary nitrogens is 1. The van der Waals surface area contributed by atoms with Gasteiger partial charge in [-0.2, -0.15) is 0 Å². The summed E-state index contributed by atoms with van der Waals surface area (Å²) in [6, 6.07) is 16.1. The lowest BCUT2D eigenvalue weighted by molar-refractivity contribution is -0.885. The van der Waals surface area contributed by atoms with Crippen molar-refractivity contribution in [2.45, 2.75) is 13.0 Å². The first-order valence-electron chi connectivity index (χ1n) is 8.21. The molecule has 1 atom stereocenters. The van der Waals surface area contributed by atoms with Crippen LogP contribution in [0.2, 0.25) is 0 Å². The number of amides is 1. The molecule has 0 fully saturated rings. The Kier molecular flexibility index (Phi) is 5.33. The highest BCUT2D eigenvalue weighted by Gasteiger charge is 2.16. The number of likely N-dealkylation sites (N-methyl/N-ethyl adjacent to an activating group) is 1. The zero-order valence-corrected chi connectivity index (χ0v) is 13.9. The van der Waals surface area contributed by atoms with Crippen LogP contribution in [0.25, 0.3) is 0 Å². The zero-order chi connectivity index (χ0) is 16.8. The molecule has 1 aliphatic heterocycles. The maximum Gasteiger partial charge on any atom is 0.275 e. The average molecular weight is 327 g/mol. The minimum absolute atomic E-state index is 0.0733. The Hall–Kier alpha value is -2.53. The molecule has 2 aromatic rings. The largest absolute Gasteiger partial charge is 0.454 e. The average Bonchev–Trinajstić information content (AvgIpc) is 3.03. The summed E-state index contributed by atoms with van der Waals surface area (Å²) in [5, 5.41) is 2.99. The molecule has 0 aromatic heterocycles. The summed E-state index contributed by atoms with van der Waals surface area (Å²) in [6.07, 6.45) is 0.855. The van der Waals surface area contributed by atoms with E-state index in [0.717, 1.165) is 34.9 Å². The van der Waals surface area contributed by atoms with E-state index in [2.05, 4.69) is 17.4 Å². The summed E-state index contributed by atoms with van der Waals surface area (Å²) in [4.78, 5) is 13.2. The molecule has 1 unspecified atom stereocenters. The molecule has 24 heavy (non-hydrogen) atoms. The number of nitrogens with one attached hydrogen (secondary N) is 2. The molecule has 3 rings (SSSR count). The third-order valence-corrected chi connectivity index (χ3v) is 3.98. The first kappa shape index (κ1) is 16.3. The maximum absolute atomic E-state index is 12.0. The van der Waals surface area contributed by atoms with Crippen LogP contribution in [0.1, 0.15) is 11.1 Å². The van der Waals surface area contributed by atoms with Crippen molar-refractivity contribution in [2.75, 3.05) is 26.9 Å². The fraction of sp³-hybridized carbons (Fsp3) is 0.316. The number of carbonyl (C=O) groups is 1. The summed E-state index contributed by atoms with van der Waals surface area (Å²) in [6.45, 7) is 2.16. The number of ether oxygens (including phenoxy) is 2. The number of fused-ring (bicyclic) bond motifs is 1. The van der Waals surface area contributed by atoms with Crippen molar-refractivity contribution in [2.24, 2.45) is 0 Å². The first-order valence-corrected chi connectivity index (χ1v) is 8.21. The summed E-state index contributed by atoms with van der Waals surface area (Å²) in [5.74, 6) is 1.65. The van der Waals surface area contributed by atoms with E-state index in [1.807, 2.05) is 43.4 Å². The van der Waals surface area contributed by atoms with Crippen molar-refractivity contribution in [1.29, 1.82) is 0 Å². The van der Waals surface area contributed by atoms with Gasteiger partial charge in [0.1, 0.15) is 6.54 Å². The van der Waals surface area contributed by atoms with Crippen LogP contribution in [0.5, 0.6) is 11.5 Å². The molecule has 0 radical (unpaired) electrons. The summed E-state index contributed by atoms with van der Waals surface area (Å²) >= 11 is 0. The van der Waals surface area contributed by atoms with Gasteiger partial charge in [0.2, 0.25) is 6.79 Å². The molecule has 1 amide bonds. The Morgan fingerprint density at radius 3 is 2.71 bits per heavy atom. The molecule has 0 saturated heterocycles. The Morgan fingerprint density at radius 1 is 1.08 bits per heavy atom. The standard InChI is InChI=1S/C19H22N2O3/c1-21(12-16-7-8-17-18(11-16)24-14-23-17)13-19(22)20-10-9-15-5-3-2-4-6-15/h2-8,11H,9-10,12-14H2,1H3,(H,20,22)/p+1. The van der Waals surface area contributed by atoms with Crippen LogP contribution in [-0.4, -0.2) is 32.8 Å². The quantitative estimate of drug-likeness (QED) is 0.791. The number of hydrogen-bond acceptors (Lipinski definition) is 3. The smallest absolute Gasteiger partial charge is 0.275 e. The van der Waals surface area contributed by atoms with Gasteiger partial charge in [0, 0.05) is 12.1 Å². The molecular weight excluding hydrogens is 304 g/mol. The highest BCUT2D eigenvalue weighted by atomic mass is 16.7. The van der Waals surface area contributed by atoms with E-state index in [9.17, 15) is 4.79 Å². The SMILES string of the molecule is C[NH+](CC(=O)NCCc1ccccc1)Cc1ccc2c(c1)OCO2. The Balaban J connectivity index is 1.41. The molecule has 2 aromatic carbocycles. The van der Waals surface area contributed by atoms with Gasteiger partial charge < -0.3 is 19.7 Å². The van der Waals surface area contributed by atoms with Gasteiger partial charge in [-0.3, -0.25) is 4.79 Å². The Labute approximate surface area is 142 Å². The zero-order valence-electron chi connectivity index (χ0n) is 13.9. The second-order valence-electron chi connectivity index (χ2n) is 6.08. The van der Waals surface area contributed by atoms with Crippen LogP contribution >= 0.6 is 0 Å². The fourth-order valence-electron chi connectivity index (χ4n) is 2.79. The summed E-state index contributed by atoms with van der Waals surface area (Å²) < 4.78 is 10.7. The fourth-order valence-corrected chi connectivity index (χ4v) is 2.79. The van der Waals surface area contributed by atoms with Gasteiger partial charge >= 0.3 is 0 Å². The van der Waals surface area contributed by atoms with Crippen LogP contribution in [0.15, 0.2) is 48.5 Å². The molecular formula is C19H23N2O3+. The van der Waals surface area contributed by atoms with Crippen molar-refractivity contribution in [3.8, 4) is 11.5 Å². The molecule has 2 N–H and O–H groups in total. The molecule has 0 bridgehead atoms. The van der Waals surface area contributed by atoms with E-state index in [1.54, 1.807) is 0 Å². The number of carbonyl (C=O) groups excluding carboxylic acids is 1. The van der Waals surface area contributed by atoms with Gasteiger partial charge in [0.25, 0.3) is 5.91 Å². The molecule has 0 spiro atoms. The topological polar surface area (TPSA) is 52.0 Å². The van der Waals surface area contributed by atoms with E-state index in [4.69, 9.17) is 9.47 Å². The van der Waals surface area contributed by atoms with Gasteiger partial charge in [-0.25, -0.2) is 0 Å². The third kappa shape index (κ3) is 4.49. The molecule has 0 aliphatic carbocycles. The van der Waals surface area contributed by atoms with E-state index < -0.39 is 0 Å². The van der Waals surface area contributed by atoms with Gasteiger partial charge in [0.15, 0.2) is 18.0 Å². The van der Waals surface area contributed by atoms with Crippen LogP contribution in [-0.2, 0) is 17.8 Å². The summed E-state index contributed by atoms with van der Waals surface area (Å²) in [7, 11) is 2.02. The van der Waals surface area contributed by atoms with E-state index >= 15 is 0 Å². The van der Waals surface area contributed by atoms with Crippen LogP contribution in [0.3, 0.4) is 0 Å². The lowest BCUT2D eigenvalue weighted by Crippen LogP contribution is -3.08. The first-order chi connectivity index (χ1) is 11.7. The van der Waals surface area contributed by atoms with Crippen LogP contribution in [0, 0.1) is 0 Å². The van der Waals surface area contributed by atoms with Crippen molar-refractivity contribution in [3.63, 3.8) is 0 Å². The second kappa shape index (κ2) is 7.84. The third-order valence-electron chi connectivity index (χ3n) is 3.98. The lowest BCUT2D eigenvalue weighted by Gasteiger charge is -2.14. The lowest BCUT2D eigenvalue weighted by atomic mass is 10.1. The molecule has 5 heteroatoms. The van der Waals surface area contributed by atoms with Gasteiger partial charge in [-0.1, -0.05) is 30.3 Å². The Bertz CT molecular complexity index is 688. The Morgan fingerprint density at radius 2 is 1.88 bits per heavy atom. The van der Waals surface area contributed by atoms with Crippen LogP contribution in [0.4, 0.5) is 0 Å². The monoisotopic (exact) mass is 327 g/mol. The van der Waals surface area contributed by atoms with Gasteiger partial charge in [-0.15, -0.1) is 0 Å². The molecule has 126 valence electrons. The second-order valence-corrected chi connectivity index (χ2v) is 6.08. The van der Waals surface area contributed by atoms with Crippen molar-refractivity contribution < 1.29 is 19.2 Å². The minimum atomic E-state index is 0.0733.